The van der Waals surface area contributed by atoms with Crippen LogP contribution in [0.15, 0.2) is 29.3 Å². The van der Waals surface area contributed by atoms with Crippen molar-refractivity contribution >= 4 is 35.9 Å². The first-order chi connectivity index (χ1) is 10.2. The van der Waals surface area contributed by atoms with Crippen molar-refractivity contribution < 1.29 is 9.53 Å². The second kappa shape index (κ2) is 12.3. The maximum atomic E-state index is 11.3. The molecule has 3 N–H and O–H groups in total. The lowest BCUT2D eigenvalue weighted by Gasteiger charge is -2.05. The highest BCUT2D eigenvalue weighted by atomic mass is 127. The molecule has 124 valence electrons. The van der Waals surface area contributed by atoms with E-state index in [1.807, 2.05) is 12.1 Å². The van der Waals surface area contributed by atoms with E-state index in [1.165, 1.54) is 26.4 Å². The van der Waals surface area contributed by atoms with Crippen LogP contribution >= 0.6 is 24.0 Å². The summed E-state index contributed by atoms with van der Waals surface area (Å²) in [4.78, 5) is 15.6. The summed E-state index contributed by atoms with van der Waals surface area (Å²) in [6, 6.07) is 7.16. The highest BCUT2D eigenvalue weighted by Gasteiger charge is 2.03. The molecule has 0 unspecified atom stereocenters. The Balaban J connectivity index is 0.00000441. The average Bonchev–Trinajstić information content (AvgIpc) is 2.52. The fourth-order valence-corrected chi connectivity index (χ4v) is 1.86. The lowest BCUT2D eigenvalue weighted by atomic mass is 10.1. The van der Waals surface area contributed by atoms with Gasteiger partial charge >= 0.3 is 5.97 Å². The Kier molecular flexibility index (Phi) is 11.5. The maximum absolute atomic E-state index is 11.3. The lowest BCUT2D eigenvalue weighted by molar-refractivity contribution is 0.0600. The average molecular weight is 419 g/mol. The third-order valence-electron chi connectivity index (χ3n) is 3.14. The number of benzene rings is 1. The van der Waals surface area contributed by atoms with Gasteiger partial charge in [-0.2, -0.15) is 0 Å². The van der Waals surface area contributed by atoms with Gasteiger partial charge in [-0.3, -0.25) is 0 Å². The fraction of sp³-hybridized carbons (Fsp3) is 0.500. The molecule has 1 aromatic rings. The van der Waals surface area contributed by atoms with Gasteiger partial charge in [0.05, 0.1) is 19.2 Å². The minimum Gasteiger partial charge on any atom is -0.465 e. The molecule has 0 amide bonds. The minimum atomic E-state index is -0.335. The normalized spacial score (nSPS) is 10.7. The first kappa shape index (κ1) is 20.7. The van der Waals surface area contributed by atoms with Gasteiger partial charge in [0.1, 0.15) is 0 Å². The molecule has 1 aromatic carbocycles. The highest BCUT2D eigenvalue weighted by molar-refractivity contribution is 14.0. The van der Waals surface area contributed by atoms with Crippen LogP contribution in [0.25, 0.3) is 0 Å². The molecular formula is C16H26IN3O2. The van der Waals surface area contributed by atoms with Crippen LogP contribution < -0.4 is 11.1 Å². The second-order valence-corrected chi connectivity index (χ2v) is 4.88. The molecule has 1 rings (SSSR count). The number of ether oxygens (including phenoxy) is 1. The molecule has 0 saturated carbocycles. The molecule has 0 fully saturated rings. The number of nitrogens with zero attached hydrogens (tertiary/aromatic N) is 1. The van der Waals surface area contributed by atoms with Crippen molar-refractivity contribution in [1.82, 2.24) is 5.32 Å². The Hall–Kier alpha value is -1.31. The van der Waals surface area contributed by atoms with Gasteiger partial charge in [0.15, 0.2) is 5.96 Å². The minimum absolute atomic E-state index is 0. The SMILES string of the molecule is CCCCCCNC(N)=NCc1ccc(C(=O)OC)cc1.I. The summed E-state index contributed by atoms with van der Waals surface area (Å²) in [5.74, 6) is 0.127. The van der Waals surface area contributed by atoms with Crippen molar-refractivity contribution in [1.29, 1.82) is 0 Å². The number of rotatable bonds is 8. The van der Waals surface area contributed by atoms with Crippen molar-refractivity contribution in [2.45, 2.75) is 39.2 Å². The Bertz CT molecular complexity index is 461. The second-order valence-electron chi connectivity index (χ2n) is 4.88. The van der Waals surface area contributed by atoms with Crippen molar-refractivity contribution in [3.8, 4) is 0 Å². The molecular weight excluding hydrogens is 393 g/mol. The molecule has 6 heteroatoms. The van der Waals surface area contributed by atoms with Gasteiger partial charge in [-0.15, -0.1) is 24.0 Å². The number of hydrogen-bond acceptors (Lipinski definition) is 3. The molecule has 0 aliphatic carbocycles. The molecule has 0 heterocycles. The first-order valence-electron chi connectivity index (χ1n) is 7.38. The number of methoxy groups -OCH3 is 1. The van der Waals surface area contributed by atoms with E-state index >= 15 is 0 Å². The number of carbonyl (C=O) groups excluding carboxylic acids is 1. The van der Waals surface area contributed by atoms with Gasteiger partial charge in [-0.05, 0) is 24.1 Å². The van der Waals surface area contributed by atoms with Crippen LogP contribution in [0.3, 0.4) is 0 Å². The van der Waals surface area contributed by atoms with Crippen LogP contribution in [-0.2, 0) is 11.3 Å². The molecule has 0 radical (unpaired) electrons. The zero-order valence-electron chi connectivity index (χ0n) is 13.3. The van der Waals surface area contributed by atoms with Crippen LogP contribution in [-0.4, -0.2) is 25.6 Å². The number of hydrogen-bond donors (Lipinski definition) is 2. The molecule has 0 atom stereocenters. The van der Waals surface area contributed by atoms with Crippen molar-refractivity contribution in [3.63, 3.8) is 0 Å². The predicted molar refractivity (Wildman–Crippen MR) is 101 cm³/mol. The summed E-state index contributed by atoms with van der Waals surface area (Å²) in [6.07, 6.45) is 4.81. The van der Waals surface area contributed by atoms with E-state index in [2.05, 4.69) is 22.0 Å². The van der Waals surface area contributed by atoms with Crippen molar-refractivity contribution in [3.05, 3.63) is 35.4 Å². The summed E-state index contributed by atoms with van der Waals surface area (Å²) in [7, 11) is 1.37. The fourth-order valence-electron chi connectivity index (χ4n) is 1.86. The molecule has 5 nitrogen and oxygen atoms in total. The lowest BCUT2D eigenvalue weighted by Crippen LogP contribution is -2.32. The smallest absolute Gasteiger partial charge is 0.337 e. The van der Waals surface area contributed by atoms with E-state index in [0.717, 1.165) is 18.5 Å². The largest absolute Gasteiger partial charge is 0.465 e. The zero-order chi connectivity index (χ0) is 15.5. The van der Waals surface area contributed by atoms with E-state index in [-0.39, 0.29) is 29.9 Å². The number of nitrogens with one attached hydrogen (secondary N) is 1. The van der Waals surface area contributed by atoms with E-state index in [9.17, 15) is 4.79 Å². The van der Waals surface area contributed by atoms with Gasteiger partial charge in [-0.25, -0.2) is 9.79 Å². The topological polar surface area (TPSA) is 76.7 Å². The number of nitrogens with two attached hydrogens (primary N) is 1. The third-order valence-corrected chi connectivity index (χ3v) is 3.14. The molecule has 22 heavy (non-hydrogen) atoms. The number of esters is 1. The zero-order valence-corrected chi connectivity index (χ0v) is 15.6. The molecule has 0 saturated heterocycles. The van der Waals surface area contributed by atoms with Crippen LogP contribution in [0.4, 0.5) is 0 Å². The van der Waals surface area contributed by atoms with E-state index in [0.29, 0.717) is 18.1 Å². The Morgan fingerprint density at radius 2 is 1.91 bits per heavy atom. The maximum Gasteiger partial charge on any atom is 0.337 e. The van der Waals surface area contributed by atoms with Gasteiger partial charge in [0.2, 0.25) is 0 Å². The molecule has 0 bridgehead atoms. The number of unbranched alkanes of at least 4 members (excludes halogenated alkanes) is 3. The standard InChI is InChI=1S/C16H25N3O2.HI/c1-3-4-5-6-11-18-16(17)19-12-13-7-9-14(10-8-13)15(20)21-2;/h7-10H,3-6,11-12H2,1-2H3,(H3,17,18,19);1H. The van der Waals surface area contributed by atoms with Gasteiger partial charge < -0.3 is 15.8 Å². The van der Waals surface area contributed by atoms with Gasteiger partial charge in [-0.1, -0.05) is 38.3 Å². The van der Waals surface area contributed by atoms with E-state index < -0.39 is 0 Å². The summed E-state index contributed by atoms with van der Waals surface area (Å²) >= 11 is 0. The molecule has 0 aliphatic heterocycles. The number of halogens is 1. The third kappa shape index (κ3) is 8.21. The summed E-state index contributed by atoms with van der Waals surface area (Å²) in [5.41, 5.74) is 7.33. The summed E-state index contributed by atoms with van der Waals surface area (Å²) in [6.45, 7) is 3.54. The highest BCUT2D eigenvalue weighted by Crippen LogP contribution is 2.06. The van der Waals surface area contributed by atoms with Crippen molar-refractivity contribution in [2.75, 3.05) is 13.7 Å². The monoisotopic (exact) mass is 419 g/mol. The predicted octanol–water partition coefficient (Wildman–Crippen LogP) is 3.08. The van der Waals surface area contributed by atoms with Crippen LogP contribution in [0.1, 0.15) is 48.5 Å². The number of carbonyl (C=O) groups is 1. The van der Waals surface area contributed by atoms with Crippen LogP contribution in [0, 0.1) is 0 Å². The van der Waals surface area contributed by atoms with Gasteiger partial charge in [0.25, 0.3) is 0 Å². The molecule has 0 aromatic heterocycles. The van der Waals surface area contributed by atoms with E-state index in [4.69, 9.17) is 5.73 Å². The Morgan fingerprint density at radius 1 is 1.23 bits per heavy atom. The number of guanidine groups is 1. The summed E-state index contributed by atoms with van der Waals surface area (Å²) in [5, 5.41) is 3.10. The summed E-state index contributed by atoms with van der Waals surface area (Å²) < 4.78 is 4.65. The van der Waals surface area contributed by atoms with Crippen LogP contribution in [0.2, 0.25) is 0 Å². The van der Waals surface area contributed by atoms with Crippen molar-refractivity contribution in [2.24, 2.45) is 10.7 Å². The van der Waals surface area contributed by atoms with Gasteiger partial charge in [0, 0.05) is 6.54 Å². The van der Waals surface area contributed by atoms with Crippen LogP contribution in [0.5, 0.6) is 0 Å². The quantitative estimate of drug-likeness (QED) is 0.223. The Labute approximate surface area is 149 Å². The molecule has 0 spiro atoms. The Morgan fingerprint density at radius 3 is 2.50 bits per heavy atom. The molecule has 0 aliphatic rings. The first-order valence-corrected chi connectivity index (χ1v) is 7.38. The number of aliphatic imine (C=N–C) groups is 1. The van der Waals surface area contributed by atoms with E-state index in [1.54, 1.807) is 12.1 Å².